The average Bonchev–Trinajstić information content (AvgIpc) is 2.62. The Morgan fingerprint density at radius 3 is 2.23 bits per heavy atom. The van der Waals surface area contributed by atoms with Crippen LogP contribution in [0.2, 0.25) is 26.2 Å². The highest BCUT2D eigenvalue weighted by Gasteiger charge is 2.46. The fourth-order valence-corrected chi connectivity index (χ4v) is 12.7. The number of nitrogens with one attached hydrogen (secondary N) is 1. The molecule has 0 atom stereocenters. The number of halogens is 1. The van der Waals surface area contributed by atoms with E-state index in [2.05, 4.69) is 58.0 Å². The van der Waals surface area contributed by atoms with Crippen molar-refractivity contribution in [3.05, 3.63) is 34.9 Å². The molecule has 122 valence electrons. The predicted octanol–water partition coefficient (Wildman–Crippen LogP) is 4.53. The summed E-state index contributed by atoms with van der Waals surface area (Å²) in [6.07, 6.45) is 0.785. The van der Waals surface area contributed by atoms with Gasteiger partial charge in [0.1, 0.15) is 13.6 Å². The van der Waals surface area contributed by atoms with Crippen molar-refractivity contribution < 1.29 is 4.39 Å². The van der Waals surface area contributed by atoms with E-state index in [4.69, 9.17) is 0 Å². The molecule has 1 aromatic carbocycles. The van der Waals surface area contributed by atoms with Gasteiger partial charge in [-0.15, -0.1) is 0 Å². The van der Waals surface area contributed by atoms with E-state index >= 15 is 0 Å². The number of benzene rings is 1. The monoisotopic (exact) mass is 335 g/mol. The molecule has 1 aliphatic rings. The van der Waals surface area contributed by atoms with E-state index < -0.39 is 15.3 Å². The van der Waals surface area contributed by atoms with Gasteiger partial charge in [0.05, 0.1) is 7.59 Å². The summed E-state index contributed by atoms with van der Waals surface area (Å²) in [7, 11) is -3.34. The first-order valence-electron chi connectivity index (χ1n) is 8.14. The summed E-state index contributed by atoms with van der Waals surface area (Å²) < 4.78 is 14.3. The molecule has 1 aliphatic carbocycles. The molecule has 1 nitrogen and oxygen atoms in total. The lowest BCUT2D eigenvalue weighted by Crippen LogP contribution is -2.74. The summed E-state index contributed by atoms with van der Waals surface area (Å²) >= 11 is 0. The van der Waals surface area contributed by atoms with Crippen LogP contribution in [0.5, 0.6) is 0 Å². The van der Waals surface area contributed by atoms with Crippen LogP contribution in [0.4, 0.5) is 4.39 Å². The summed E-state index contributed by atoms with van der Waals surface area (Å²) in [5, 5.41) is 1.45. The highest BCUT2D eigenvalue weighted by Crippen LogP contribution is 2.34. The molecule has 0 fully saturated rings. The first-order valence-corrected chi connectivity index (χ1v) is 15.1. The van der Waals surface area contributed by atoms with Crippen LogP contribution < -0.4 is 10.2 Å². The van der Waals surface area contributed by atoms with Gasteiger partial charge in [0, 0.05) is 11.1 Å². The lowest BCUT2D eigenvalue weighted by atomic mass is 10.1. The number of hydrogen-bond donors (Lipinski definition) is 1. The maximum Gasteiger partial charge on any atom is 0.129 e. The second-order valence-corrected chi connectivity index (χ2v) is 23.5. The van der Waals surface area contributed by atoms with Crippen LogP contribution in [0.25, 0.3) is 5.83 Å². The summed E-state index contributed by atoms with van der Waals surface area (Å²) in [4.78, 5) is 3.94. The molecule has 0 bridgehead atoms. The fraction of sp³-hybridized carbons (Fsp3) is 0.556. The number of fused-ring (bicyclic) bond motifs is 1. The third-order valence-electron chi connectivity index (χ3n) is 5.15. The summed E-state index contributed by atoms with van der Waals surface area (Å²) in [5.41, 5.74) is 3.11. The van der Waals surface area contributed by atoms with Crippen molar-refractivity contribution in [2.75, 3.05) is 0 Å². The van der Waals surface area contributed by atoms with Crippen LogP contribution in [0.3, 0.4) is 0 Å². The molecule has 0 aromatic heterocycles. The maximum absolute atomic E-state index is 14.3. The minimum absolute atomic E-state index is 0.00454. The Morgan fingerprint density at radius 1 is 1.09 bits per heavy atom. The molecule has 0 spiro atoms. The molecular weight excluding hydrogens is 305 g/mol. The third-order valence-corrected chi connectivity index (χ3v) is 22.0. The van der Waals surface area contributed by atoms with Crippen molar-refractivity contribution in [1.29, 1.82) is 0 Å². The highest BCUT2D eigenvalue weighted by molar-refractivity contribution is 7.44. The Kier molecular flexibility index (Phi) is 4.35. The Balaban J connectivity index is 2.49. The van der Waals surface area contributed by atoms with Crippen molar-refractivity contribution in [3.63, 3.8) is 0 Å². The molecule has 0 unspecified atom stereocenters. The van der Waals surface area contributed by atoms with Gasteiger partial charge in [-0.1, -0.05) is 49.6 Å². The van der Waals surface area contributed by atoms with Crippen LogP contribution in [-0.2, 0) is 6.42 Å². The maximum atomic E-state index is 14.3. The van der Waals surface area contributed by atoms with Gasteiger partial charge in [0.15, 0.2) is 0 Å². The number of rotatable bonds is 3. The van der Waals surface area contributed by atoms with Gasteiger partial charge in [-0.2, -0.15) is 0 Å². The third kappa shape index (κ3) is 3.01. The number of allylic oxidation sites excluding steroid dienone is 1. The van der Waals surface area contributed by atoms with Crippen molar-refractivity contribution in [3.8, 4) is 0 Å². The lowest BCUT2D eigenvalue weighted by Gasteiger charge is -2.44. The smallest absolute Gasteiger partial charge is 0.129 e. The Bertz CT molecular complexity index is 624. The second-order valence-electron chi connectivity index (χ2n) is 8.73. The van der Waals surface area contributed by atoms with E-state index in [1.54, 1.807) is 0 Å². The summed E-state index contributed by atoms with van der Waals surface area (Å²) in [5.74, 6) is 0.00454. The van der Waals surface area contributed by atoms with E-state index in [1.807, 2.05) is 19.1 Å². The molecule has 4 heteroatoms. The molecular formula is C18H30FNSi2. The van der Waals surface area contributed by atoms with Gasteiger partial charge in [-0.3, -0.25) is 0 Å². The van der Waals surface area contributed by atoms with Crippen LogP contribution in [0.15, 0.2) is 23.8 Å². The second kappa shape index (κ2) is 5.43. The normalized spacial score (nSPS) is 16.2. The summed E-state index contributed by atoms with van der Waals surface area (Å²) in [6, 6.07) is 6.25. The molecule has 1 N–H and O–H groups in total. The Labute approximate surface area is 136 Å². The largest absolute Gasteiger partial charge is 0.334 e. The Morgan fingerprint density at radius 2 is 1.68 bits per heavy atom. The number of hydrogen-bond acceptors (Lipinski definition) is 1. The van der Waals surface area contributed by atoms with E-state index in [-0.39, 0.29) is 11.4 Å². The van der Waals surface area contributed by atoms with Crippen LogP contribution in [0, 0.1) is 0 Å². The van der Waals surface area contributed by atoms with Crippen LogP contribution in [0.1, 0.15) is 38.8 Å². The molecule has 22 heavy (non-hydrogen) atoms. The zero-order valence-corrected chi connectivity index (χ0v) is 17.3. The van der Waals surface area contributed by atoms with Gasteiger partial charge >= 0.3 is 0 Å². The molecule has 0 amide bonds. The van der Waals surface area contributed by atoms with E-state index in [1.165, 1.54) is 10.8 Å². The predicted molar refractivity (Wildman–Crippen MR) is 101 cm³/mol. The van der Waals surface area contributed by atoms with Gasteiger partial charge in [-0.25, -0.2) is 4.39 Å². The molecule has 0 heterocycles. The zero-order valence-electron chi connectivity index (χ0n) is 15.3. The van der Waals surface area contributed by atoms with Gasteiger partial charge in [0.25, 0.3) is 0 Å². The SMILES string of the molecule is CC1=C(F)c2cccc([Si](C)(C)[Si](C)(C)NC(C)(C)C)c2C1. The van der Waals surface area contributed by atoms with E-state index in [0.29, 0.717) is 0 Å². The van der Waals surface area contributed by atoms with Crippen molar-refractivity contribution in [1.82, 2.24) is 4.98 Å². The standard InChI is InChI=1S/C18H30FNSi2/c1-13-12-15-14(17(13)19)10-9-11-16(15)21(5,6)22(7,8)20-18(2,3)4/h9-11,20H,12H2,1-8H3. The van der Waals surface area contributed by atoms with E-state index in [0.717, 1.165) is 17.6 Å². The molecule has 2 rings (SSSR count). The molecule has 0 radical (unpaired) electrons. The first kappa shape index (κ1) is 17.6. The van der Waals surface area contributed by atoms with Crippen molar-refractivity contribution in [2.45, 2.75) is 65.8 Å². The fourth-order valence-electron chi connectivity index (χ4n) is 3.57. The minimum atomic E-state index is -1.70. The lowest BCUT2D eigenvalue weighted by molar-refractivity contribution is 0.516. The van der Waals surface area contributed by atoms with Gasteiger partial charge < -0.3 is 4.98 Å². The average molecular weight is 336 g/mol. The topological polar surface area (TPSA) is 12.0 Å². The minimum Gasteiger partial charge on any atom is -0.334 e. The summed E-state index contributed by atoms with van der Waals surface area (Å²) in [6.45, 7) is 18.4. The zero-order chi connectivity index (χ0) is 16.9. The molecule has 0 aliphatic heterocycles. The van der Waals surface area contributed by atoms with Crippen LogP contribution in [-0.4, -0.2) is 20.9 Å². The van der Waals surface area contributed by atoms with E-state index in [9.17, 15) is 4.39 Å². The highest BCUT2D eigenvalue weighted by atomic mass is 29.3. The molecule has 1 aromatic rings. The van der Waals surface area contributed by atoms with Gasteiger partial charge in [-0.05, 0) is 45.3 Å². The molecule has 0 saturated heterocycles. The van der Waals surface area contributed by atoms with Crippen molar-refractivity contribution in [2.24, 2.45) is 0 Å². The Hall–Kier alpha value is -0.716. The quantitative estimate of drug-likeness (QED) is 0.800. The first-order chi connectivity index (χ1) is 9.87. The molecule has 0 saturated carbocycles. The van der Waals surface area contributed by atoms with Gasteiger partial charge in [0.2, 0.25) is 0 Å². The van der Waals surface area contributed by atoms with Crippen LogP contribution >= 0.6 is 0 Å². The van der Waals surface area contributed by atoms with Crippen molar-refractivity contribution >= 4 is 26.4 Å².